The number of benzene rings is 1. The summed E-state index contributed by atoms with van der Waals surface area (Å²) >= 11 is 7.43. The molecule has 2 nitrogen and oxygen atoms in total. The third-order valence-electron chi connectivity index (χ3n) is 2.45. The third-order valence-corrected chi connectivity index (χ3v) is 3.68. The molecule has 1 aromatic carbocycles. The molecule has 1 aromatic heterocycles. The molecule has 0 saturated heterocycles. The van der Waals surface area contributed by atoms with Gasteiger partial charge in [-0.1, -0.05) is 17.7 Å². The summed E-state index contributed by atoms with van der Waals surface area (Å²) in [6, 6.07) is 11.7. The Kier molecular flexibility index (Phi) is 3.68. The van der Waals surface area contributed by atoms with Gasteiger partial charge in [-0.05, 0) is 36.8 Å². The van der Waals surface area contributed by atoms with Crippen LogP contribution < -0.4 is 5.32 Å². The van der Waals surface area contributed by atoms with Crippen LogP contribution in [-0.2, 0) is 6.54 Å². The largest absolute Gasteiger partial charge is 0.380 e. The average Bonchev–Trinajstić information content (AvgIpc) is 2.74. The summed E-state index contributed by atoms with van der Waals surface area (Å²) in [5.41, 5.74) is 2.79. The Morgan fingerprint density at radius 2 is 2.18 bits per heavy atom. The van der Waals surface area contributed by atoms with E-state index in [-0.39, 0.29) is 0 Å². The highest BCUT2D eigenvalue weighted by atomic mass is 35.5. The fourth-order valence-electron chi connectivity index (χ4n) is 1.51. The maximum Gasteiger partial charge on any atom is 0.0992 e. The minimum absolute atomic E-state index is 0.669. The molecule has 0 unspecified atom stereocenters. The molecule has 1 heterocycles. The number of rotatable bonds is 3. The van der Waals surface area contributed by atoms with E-state index in [4.69, 9.17) is 16.9 Å². The molecule has 2 aromatic rings. The molecule has 2 rings (SSSR count). The topological polar surface area (TPSA) is 35.8 Å². The van der Waals surface area contributed by atoms with E-state index < -0.39 is 0 Å². The van der Waals surface area contributed by atoms with Crippen LogP contribution >= 0.6 is 22.9 Å². The molecule has 0 aliphatic rings. The van der Waals surface area contributed by atoms with E-state index in [2.05, 4.69) is 11.4 Å². The number of anilines is 1. The highest BCUT2D eigenvalue weighted by Crippen LogP contribution is 2.23. The first-order valence-electron chi connectivity index (χ1n) is 5.18. The van der Waals surface area contributed by atoms with Crippen LogP contribution in [-0.4, -0.2) is 0 Å². The fourth-order valence-corrected chi connectivity index (χ4v) is 2.54. The van der Waals surface area contributed by atoms with Crippen molar-refractivity contribution in [3.05, 3.63) is 50.7 Å². The van der Waals surface area contributed by atoms with Gasteiger partial charge < -0.3 is 5.32 Å². The van der Waals surface area contributed by atoms with Crippen molar-refractivity contribution >= 4 is 28.6 Å². The second-order valence-corrected chi connectivity index (χ2v) is 5.50. The second kappa shape index (κ2) is 5.22. The molecule has 0 radical (unpaired) electrons. The van der Waals surface area contributed by atoms with E-state index in [9.17, 15) is 0 Å². The molecule has 0 amide bonds. The van der Waals surface area contributed by atoms with Gasteiger partial charge in [-0.15, -0.1) is 11.3 Å². The van der Waals surface area contributed by atoms with Gasteiger partial charge in [0, 0.05) is 17.1 Å². The highest BCUT2D eigenvalue weighted by molar-refractivity contribution is 7.16. The fraction of sp³-hybridized carbons (Fsp3) is 0.154. The number of hydrogen-bond acceptors (Lipinski definition) is 3. The number of nitriles is 1. The minimum Gasteiger partial charge on any atom is -0.380 e. The minimum atomic E-state index is 0.669. The Morgan fingerprint density at radius 3 is 2.82 bits per heavy atom. The quantitative estimate of drug-likeness (QED) is 0.900. The molecule has 0 atom stereocenters. The van der Waals surface area contributed by atoms with E-state index in [0.29, 0.717) is 5.56 Å². The van der Waals surface area contributed by atoms with Gasteiger partial charge >= 0.3 is 0 Å². The van der Waals surface area contributed by atoms with Gasteiger partial charge in [-0.2, -0.15) is 5.26 Å². The van der Waals surface area contributed by atoms with Crippen LogP contribution in [0.3, 0.4) is 0 Å². The summed E-state index contributed by atoms with van der Waals surface area (Å²) < 4.78 is 0.796. The van der Waals surface area contributed by atoms with Gasteiger partial charge in [0.05, 0.1) is 16.0 Å². The number of halogens is 1. The number of thiophene rings is 1. The lowest BCUT2D eigenvalue weighted by Gasteiger charge is -2.08. The van der Waals surface area contributed by atoms with E-state index in [1.807, 2.05) is 37.3 Å². The van der Waals surface area contributed by atoms with Crippen molar-refractivity contribution < 1.29 is 0 Å². The van der Waals surface area contributed by atoms with Crippen molar-refractivity contribution in [3.8, 4) is 6.07 Å². The van der Waals surface area contributed by atoms with E-state index in [1.54, 1.807) is 11.3 Å². The molecule has 0 spiro atoms. The van der Waals surface area contributed by atoms with Gasteiger partial charge in [-0.3, -0.25) is 0 Å². The summed E-state index contributed by atoms with van der Waals surface area (Å²) in [5.74, 6) is 0. The van der Waals surface area contributed by atoms with Crippen LogP contribution in [0, 0.1) is 18.3 Å². The van der Waals surface area contributed by atoms with Crippen molar-refractivity contribution in [2.45, 2.75) is 13.5 Å². The zero-order valence-corrected chi connectivity index (χ0v) is 10.9. The molecule has 17 heavy (non-hydrogen) atoms. The first kappa shape index (κ1) is 12.0. The molecule has 0 aliphatic heterocycles. The Hall–Kier alpha value is -1.50. The van der Waals surface area contributed by atoms with Gasteiger partial charge in [0.15, 0.2) is 0 Å². The third kappa shape index (κ3) is 3.00. The standard InChI is InChI=1S/C13H11ClN2S/c1-9-2-3-10(7-15)6-12(9)16-8-11-4-5-13(14)17-11/h2-6,16H,8H2,1H3. The zero-order chi connectivity index (χ0) is 12.3. The summed E-state index contributed by atoms with van der Waals surface area (Å²) in [6.45, 7) is 2.75. The van der Waals surface area contributed by atoms with Crippen LogP contribution in [0.4, 0.5) is 5.69 Å². The Bertz CT molecular complexity index is 569. The number of nitrogens with one attached hydrogen (secondary N) is 1. The van der Waals surface area contributed by atoms with Crippen molar-refractivity contribution in [2.24, 2.45) is 0 Å². The summed E-state index contributed by atoms with van der Waals surface area (Å²) in [4.78, 5) is 1.18. The number of nitrogens with zero attached hydrogens (tertiary/aromatic N) is 1. The zero-order valence-electron chi connectivity index (χ0n) is 9.33. The summed E-state index contributed by atoms with van der Waals surface area (Å²) in [7, 11) is 0. The molecule has 0 fully saturated rings. The first-order valence-corrected chi connectivity index (χ1v) is 6.37. The lowest BCUT2D eigenvalue weighted by molar-refractivity contribution is 1.18. The molecule has 0 bridgehead atoms. The monoisotopic (exact) mass is 262 g/mol. The van der Waals surface area contributed by atoms with Gasteiger partial charge in [0.2, 0.25) is 0 Å². The Labute approximate surface area is 109 Å². The second-order valence-electron chi connectivity index (χ2n) is 3.70. The first-order chi connectivity index (χ1) is 8.19. The average molecular weight is 263 g/mol. The van der Waals surface area contributed by atoms with Crippen LogP contribution in [0.15, 0.2) is 30.3 Å². The maximum atomic E-state index is 8.85. The maximum absolute atomic E-state index is 8.85. The van der Waals surface area contributed by atoms with Crippen LogP contribution in [0.2, 0.25) is 4.34 Å². The Balaban J connectivity index is 2.11. The smallest absolute Gasteiger partial charge is 0.0992 e. The predicted octanol–water partition coefficient (Wildman–Crippen LogP) is 4.19. The SMILES string of the molecule is Cc1ccc(C#N)cc1NCc1ccc(Cl)s1. The highest BCUT2D eigenvalue weighted by Gasteiger charge is 2.02. The van der Waals surface area contributed by atoms with Crippen LogP contribution in [0.1, 0.15) is 16.0 Å². The normalized spacial score (nSPS) is 9.94. The van der Waals surface area contributed by atoms with Gasteiger partial charge in [0.1, 0.15) is 0 Å². The van der Waals surface area contributed by atoms with Gasteiger partial charge in [0.25, 0.3) is 0 Å². The Morgan fingerprint density at radius 1 is 1.35 bits per heavy atom. The lowest BCUT2D eigenvalue weighted by Crippen LogP contribution is -1.99. The summed E-state index contributed by atoms with van der Waals surface area (Å²) in [5, 5.41) is 12.2. The van der Waals surface area contributed by atoms with Crippen LogP contribution in [0.25, 0.3) is 0 Å². The van der Waals surface area contributed by atoms with E-state index in [1.165, 1.54) is 4.88 Å². The predicted molar refractivity (Wildman–Crippen MR) is 72.5 cm³/mol. The summed E-state index contributed by atoms with van der Waals surface area (Å²) in [6.07, 6.45) is 0. The van der Waals surface area contributed by atoms with Crippen molar-refractivity contribution in [2.75, 3.05) is 5.32 Å². The van der Waals surface area contributed by atoms with Crippen molar-refractivity contribution in [1.82, 2.24) is 0 Å². The van der Waals surface area contributed by atoms with Crippen molar-refractivity contribution in [3.63, 3.8) is 0 Å². The molecular formula is C13H11ClN2S. The van der Waals surface area contributed by atoms with E-state index in [0.717, 1.165) is 22.1 Å². The van der Waals surface area contributed by atoms with Crippen molar-refractivity contribution in [1.29, 1.82) is 5.26 Å². The molecule has 1 N–H and O–H groups in total. The van der Waals surface area contributed by atoms with Gasteiger partial charge in [-0.25, -0.2) is 0 Å². The number of aryl methyl sites for hydroxylation is 1. The molecule has 4 heteroatoms. The van der Waals surface area contributed by atoms with E-state index >= 15 is 0 Å². The molecule has 0 saturated carbocycles. The number of hydrogen-bond donors (Lipinski definition) is 1. The van der Waals surface area contributed by atoms with Crippen LogP contribution in [0.5, 0.6) is 0 Å². The lowest BCUT2D eigenvalue weighted by atomic mass is 10.1. The molecule has 86 valence electrons. The molecule has 0 aliphatic carbocycles. The molecular weight excluding hydrogens is 252 g/mol.